The van der Waals surface area contributed by atoms with Gasteiger partial charge in [0.25, 0.3) is 0 Å². The van der Waals surface area contributed by atoms with Crippen LogP contribution in [0.5, 0.6) is 11.5 Å². The Bertz CT molecular complexity index is 1260. The predicted molar refractivity (Wildman–Crippen MR) is 138 cm³/mol. The molecule has 1 aliphatic rings. The summed E-state index contributed by atoms with van der Waals surface area (Å²) in [7, 11) is 3.14. The van der Waals surface area contributed by atoms with Crippen LogP contribution in [0.2, 0.25) is 0 Å². The number of aromatic nitrogens is 1. The number of para-hydroxylation sites is 1. The average Bonchev–Trinajstić information content (AvgIpc) is 2.86. The number of benzene rings is 2. The molecule has 0 bridgehead atoms. The molecule has 1 N–H and O–H groups in total. The van der Waals surface area contributed by atoms with E-state index < -0.39 is 11.7 Å². The Kier molecular flexibility index (Phi) is 7.00. The number of carbonyl (C=O) groups excluding carboxylic acids is 2. The van der Waals surface area contributed by atoms with Crippen molar-refractivity contribution in [3.05, 3.63) is 71.9 Å². The topological polar surface area (TPSA) is 93.2 Å². The van der Waals surface area contributed by atoms with Crippen molar-refractivity contribution < 1.29 is 23.8 Å². The highest BCUT2D eigenvalue weighted by Crippen LogP contribution is 2.31. The van der Waals surface area contributed by atoms with E-state index in [4.69, 9.17) is 19.2 Å². The molecule has 0 aliphatic carbocycles. The number of ether oxygens (including phenoxy) is 3. The molecule has 4 rings (SSSR count). The third kappa shape index (κ3) is 5.51. The molecule has 1 aliphatic heterocycles. The minimum absolute atomic E-state index is 0.155. The maximum Gasteiger partial charge on any atom is 0.416 e. The standard InChI is InChI=1S/C27H30N4O5/c1-27(2,3)36-26(33)31(16-18-11-12-20(34-4)15-23(18)35-5)24-14-13-21-22(28-24)17-30(25(32)29-21)19-9-7-6-8-10-19/h6-15H,16-17H2,1-5H3,(H,29,32). The van der Waals surface area contributed by atoms with E-state index in [2.05, 4.69) is 5.32 Å². The minimum atomic E-state index is -0.703. The molecule has 36 heavy (non-hydrogen) atoms. The van der Waals surface area contributed by atoms with Crippen LogP contribution in [0.3, 0.4) is 0 Å². The lowest BCUT2D eigenvalue weighted by molar-refractivity contribution is 0.0576. The average molecular weight is 491 g/mol. The van der Waals surface area contributed by atoms with Gasteiger partial charge in [0, 0.05) is 17.3 Å². The Labute approximate surface area is 210 Å². The summed E-state index contributed by atoms with van der Waals surface area (Å²) in [5.41, 5.74) is 2.03. The van der Waals surface area contributed by atoms with Crippen molar-refractivity contribution in [1.29, 1.82) is 0 Å². The highest BCUT2D eigenvalue weighted by molar-refractivity contribution is 6.04. The maximum absolute atomic E-state index is 13.3. The van der Waals surface area contributed by atoms with Gasteiger partial charge >= 0.3 is 12.1 Å². The van der Waals surface area contributed by atoms with Gasteiger partial charge in [-0.25, -0.2) is 14.6 Å². The molecule has 9 heteroatoms. The number of anilines is 3. The Balaban J connectivity index is 1.70. The van der Waals surface area contributed by atoms with E-state index >= 15 is 0 Å². The first kappa shape index (κ1) is 24.8. The van der Waals surface area contributed by atoms with E-state index in [0.29, 0.717) is 28.7 Å². The number of nitrogens with one attached hydrogen (secondary N) is 1. The summed E-state index contributed by atoms with van der Waals surface area (Å²) in [6.45, 7) is 5.84. The molecule has 2 aromatic carbocycles. The molecule has 0 unspecified atom stereocenters. The van der Waals surface area contributed by atoms with E-state index in [9.17, 15) is 9.59 Å². The first-order valence-corrected chi connectivity index (χ1v) is 11.5. The number of urea groups is 1. The fourth-order valence-electron chi connectivity index (χ4n) is 3.80. The third-order valence-corrected chi connectivity index (χ3v) is 5.54. The molecule has 3 amide bonds. The zero-order valence-corrected chi connectivity index (χ0v) is 21.1. The zero-order valence-electron chi connectivity index (χ0n) is 21.1. The van der Waals surface area contributed by atoms with E-state index in [1.807, 2.05) is 57.2 Å². The summed E-state index contributed by atoms with van der Waals surface area (Å²) < 4.78 is 16.5. The quantitative estimate of drug-likeness (QED) is 0.484. The van der Waals surface area contributed by atoms with Gasteiger partial charge < -0.3 is 19.5 Å². The van der Waals surface area contributed by atoms with Gasteiger partial charge in [0.2, 0.25) is 0 Å². The van der Waals surface area contributed by atoms with Crippen LogP contribution < -0.4 is 24.6 Å². The number of hydrogen-bond acceptors (Lipinski definition) is 6. The van der Waals surface area contributed by atoms with Crippen molar-refractivity contribution in [3.8, 4) is 11.5 Å². The number of amides is 3. The van der Waals surface area contributed by atoms with Crippen molar-refractivity contribution in [1.82, 2.24) is 4.98 Å². The van der Waals surface area contributed by atoms with Crippen LogP contribution in [-0.2, 0) is 17.8 Å². The number of fused-ring (bicyclic) bond motifs is 1. The molecule has 3 aromatic rings. The van der Waals surface area contributed by atoms with E-state index in [1.54, 1.807) is 43.4 Å². The van der Waals surface area contributed by atoms with Crippen LogP contribution >= 0.6 is 0 Å². The van der Waals surface area contributed by atoms with Crippen LogP contribution in [0.15, 0.2) is 60.7 Å². The molecule has 0 fully saturated rings. The second kappa shape index (κ2) is 10.2. The molecule has 9 nitrogen and oxygen atoms in total. The lowest BCUT2D eigenvalue weighted by Crippen LogP contribution is -2.40. The SMILES string of the molecule is COc1ccc(CN(C(=O)OC(C)(C)C)c2ccc3c(n2)CN(c2ccccc2)C(=O)N3)c(OC)c1. The van der Waals surface area contributed by atoms with Crippen LogP contribution in [0, 0.1) is 0 Å². The summed E-state index contributed by atoms with van der Waals surface area (Å²) >= 11 is 0. The van der Waals surface area contributed by atoms with Gasteiger partial charge in [-0.05, 0) is 57.2 Å². The molecule has 0 radical (unpaired) electrons. The summed E-state index contributed by atoms with van der Waals surface area (Å²) in [5.74, 6) is 1.61. The van der Waals surface area contributed by atoms with Crippen molar-refractivity contribution in [2.45, 2.75) is 39.5 Å². The van der Waals surface area contributed by atoms with E-state index in [0.717, 1.165) is 11.3 Å². The maximum atomic E-state index is 13.3. The summed E-state index contributed by atoms with van der Waals surface area (Å²) in [5, 5.41) is 2.88. The van der Waals surface area contributed by atoms with Gasteiger partial charge in [-0.1, -0.05) is 18.2 Å². The van der Waals surface area contributed by atoms with Gasteiger partial charge in [-0.2, -0.15) is 0 Å². The third-order valence-electron chi connectivity index (χ3n) is 5.54. The fourth-order valence-corrected chi connectivity index (χ4v) is 3.80. The van der Waals surface area contributed by atoms with Crippen LogP contribution in [-0.4, -0.2) is 36.9 Å². The number of pyridine rings is 1. The van der Waals surface area contributed by atoms with Crippen LogP contribution in [0.4, 0.5) is 26.8 Å². The molecule has 0 atom stereocenters. The largest absolute Gasteiger partial charge is 0.497 e. The molecule has 188 valence electrons. The molecule has 0 saturated carbocycles. The number of nitrogens with zero attached hydrogens (tertiary/aromatic N) is 3. The van der Waals surface area contributed by atoms with Gasteiger partial charge in [0.15, 0.2) is 0 Å². The second-order valence-corrected chi connectivity index (χ2v) is 9.26. The first-order chi connectivity index (χ1) is 17.2. The Hall–Kier alpha value is -4.27. The Morgan fingerprint density at radius 1 is 1.06 bits per heavy atom. The second-order valence-electron chi connectivity index (χ2n) is 9.26. The monoisotopic (exact) mass is 490 g/mol. The first-order valence-electron chi connectivity index (χ1n) is 11.5. The van der Waals surface area contributed by atoms with Crippen molar-refractivity contribution in [2.75, 3.05) is 29.3 Å². The van der Waals surface area contributed by atoms with Crippen LogP contribution in [0.25, 0.3) is 0 Å². The zero-order chi connectivity index (χ0) is 25.9. The molecular formula is C27H30N4O5. The lowest BCUT2D eigenvalue weighted by Gasteiger charge is -2.31. The Morgan fingerprint density at radius 3 is 2.47 bits per heavy atom. The number of hydrogen-bond donors (Lipinski definition) is 1. The van der Waals surface area contributed by atoms with Gasteiger partial charge in [-0.3, -0.25) is 9.80 Å². The molecule has 1 aromatic heterocycles. The fraction of sp³-hybridized carbons (Fsp3) is 0.296. The normalized spacial score (nSPS) is 12.9. The summed E-state index contributed by atoms with van der Waals surface area (Å²) in [6.07, 6.45) is -0.549. The van der Waals surface area contributed by atoms with Gasteiger partial charge in [0.1, 0.15) is 22.9 Å². The molecular weight excluding hydrogens is 460 g/mol. The number of rotatable bonds is 6. The highest BCUT2D eigenvalue weighted by atomic mass is 16.6. The summed E-state index contributed by atoms with van der Waals surface area (Å²) in [6, 6.07) is 18.0. The minimum Gasteiger partial charge on any atom is -0.497 e. The molecule has 0 spiro atoms. The van der Waals surface area contributed by atoms with Crippen LogP contribution in [0.1, 0.15) is 32.0 Å². The Morgan fingerprint density at radius 2 is 1.81 bits per heavy atom. The van der Waals surface area contributed by atoms with E-state index in [-0.39, 0.29) is 19.1 Å². The highest BCUT2D eigenvalue weighted by Gasteiger charge is 2.29. The number of carbonyl (C=O) groups is 2. The van der Waals surface area contributed by atoms with Crippen molar-refractivity contribution in [2.24, 2.45) is 0 Å². The van der Waals surface area contributed by atoms with Crippen molar-refractivity contribution >= 4 is 29.3 Å². The lowest BCUT2D eigenvalue weighted by atomic mass is 10.1. The predicted octanol–water partition coefficient (Wildman–Crippen LogP) is 5.59. The van der Waals surface area contributed by atoms with Crippen molar-refractivity contribution in [3.63, 3.8) is 0 Å². The number of methoxy groups -OCH3 is 2. The smallest absolute Gasteiger partial charge is 0.416 e. The van der Waals surface area contributed by atoms with Gasteiger partial charge in [-0.15, -0.1) is 0 Å². The molecule has 2 heterocycles. The summed E-state index contributed by atoms with van der Waals surface area (Å²) in [4.78, 5) is 33.8. The molecule has 0 saturated heterocycles. The van der Waals surface area contributed by atoms with Gasteiger partial charge in [0.05, 0.1) is 38.7 Å². The van der Waals surface area contributed by atoms with E-state index in [1.165, 1.54) is 4.90 Å².